The second kappa shape index (κ2) is 6.48. The number of unbranched alkanes of at least 4 members (excludes halogenated alkanes) is 1. The number of hydrogen-bond acceptors (Lipinski definition) is 2. The highest BCUT2D eigenvalue weighted by atomic mass is 16.2. The Hall–Kier alpha value is -1.44. The van der Waals surface area contributed by atoms with Crippen molar-refractivity contribution in [2.75, 3.05) is 0 Å². The number of ketones is 2. The first-order chi connectivity index (χ1) is 8.47. The fraction of sp³-hybridized carbons (Fsp3) is 0.500. The van der Waals surface area contributed by atoms with Crippen LogP contribution in [0.5, 0.6) is 0 Å². The van der Waals surface area contributed by atoms with Gasteiger partial charge in [-0.1, -0.05) is 57.5 Å². The Bertz CT molecular complexity index is 404. The fourth-order valence-electron chi connectivity index (χ4n) is 2.01. The van der Waals surface area contributed by atoms with E-state index in [1.165, 1.54) is 0 Å². The number of hydrogen-bond donors (Lipinski definition) is 0. The predicted molar refractivity (Wildman–Crippen MR) is 73.5 cm³/mol. The Balaban J connectivity index is 2.68. The summed E-state index contributed by atoms with van der Waals surface area (Å²) >= 11 is 0. The van der Waals surface area contributed by atoms with Crippen molar-refractivity contribution in [1.82, 2.24) is 0 Å². The highest BCUT2D eigenvalue weighted by Gasteiger charge is 2.32. The Morgan fingerprint density at radius 3 is 2.28 bits per heavy atom. The van der Waals surface area contributed by atoms with Crippen LogP contribution in [-0.2, 0) is 16.0 Å². The molecule has 1 aromatic carbocycles. The van der Waals surface area contributed by atoms with E-state index >= 15 is 0 Å². The summed E-state index contributed by atoms with van der Waals surface area (Å²) in [6, 6.07) is 9.84. The molecule has 0 heterocycles. The fourth-order valence-corrected chi connectivity index (χ4v) is 2.01. The monoisotopic (exact) mass is 246 g/mol. The minimum absolute atomic E-state index is 0.224. The maximum atomic E-state index is 12.1. The topological polar surface area (TPSA) is 34.1 Å². The van der Waals surface area contributed by atoms with Crippen molar-refractivity contribution in [2.45, 2.75) is 46.5 Å². The molecule has 1 aromatic rings. The summed E-state index contributed by atoms with van der Waals surface area (Å²) in [5.74, 6) is -0.461. The van der Waals surface area contributed by atoms with Crippen molar-refractivity contribution in [3.8, 4) is 0 Å². The molecule has 1 rings (SSSR count). The van der Waals surface area contributed by atoms with Crippen LogP contribution in [0.25, 0.3) is 0 Å². The lowest BCUT2D eigenvalue weighted by atomic mass is 9.79. The van der Waals surface area contributed by atoms with Crippen molar-refractivity contribution in [3.05, 3.63) is 35.9 Å². The van der Waals surface area contributed by atoms with Crippen LogP contribution in [0.2, 0.25) is 0 Å². The summed E-state index contributed by atoms with van der Waals surface area (Å²) in [7, 11) is 0. The van der Waals surface area contributed by atoms with Gasteiger partial charge in [-0.15, -0.1) is 0 Å². The Morgan fingerprint density at radius 1 is 1.11 bits per heavy atom. The van der Waals surface area contributed by atoms with Gasteiger partial charge in [0.25, 0.3) is 0 Å². The molecule has 0 aliphatic carbocycles. The van der Waals surface area contributed by atoms with Gasteiger partial charge in [0.2, 0.25) is 5.78 Å². The summed E-state index contributed by atoms with van der Waals surface area (Å²) in [6.07, 6.45) is 2.74. The molecule has 2 heteroatoms. The van der Waals surface area contributed by atoms with Gasteiger partial charge in [0.15, 0.2) is 5.78 Å². The van der Waals surface area contributed by atoms with Crippen molar-refractivity contribution in [3.63, 3.8) is 0 Å². The van der Waals surface area contributed by atoms with E-state index in [1.54, 1.807) is 0 Å². The first kappa shape index (κ1) is 14.6. The first-order valence-electron chi connectivity index (χ1n) is 6.59. The lowest BCUT2D eigenvalue weighted by Crippen LogP contribution is -2.33. The molecule has 2 nitrogen and oxygen atoms in total. The number of Topliss-reactive ketones (excluding diaryl/α,β-unsaturated/α-hetero) is 2. The van der Waals surface area contributed by atoms with Crippen molar-refractivity contribution >= 4 is 11.6 Å². The quantitative estimate of drug-likeness (QED) is 0.689. The van der Waals surface area contributed by atoms with Gasteiger partial charge in [-0.2, -0.15) is 0 Å². The molecule has 0 aromatic heterocycles. The molecule has 0 unspecified atom stereocenters. The van der Waals surface area contributed by atoms with Crippen molar-refractivity contribution < 1.29 is 9.59 Å². The average molecular weight is 246 g/mol. The summed E-state index contributed by atoms with van der Waals surface area (Å²) in [5.41, 5.74) is 0.491. The smallest absolute Gasteiger partial charge is 0.204 e. The third-order valence-electron chi connectivity index (χ3n) is 3.11. The number of benzene rings is 1. The summed E-state index contributed by atoms with van der Waals surface area (Å²) in [4.78, 5) is 23.9. The van der Waals surface area contributed by atoms with Crippen molar-refractivity contribution in [2.24, 2.45) is 5.41 Å². The molecule has 98 valence electrons. The van der Waals surface area contributed by atoms with Gasteiger partial charge < -0.3 is 0 Å². The zero-order chi connectivity index (χ0) is 13.6. The molecular weight excluding hydrogens is 224 g/mol. The minimum atomic E-state index is -0.605. The summed E-state index contributed by atoms with van der Waals surface area (Å²) < 4.78 is 0. The van der Waals surface area contributed by atoms with Gasteiger partial charge in [-0.05, 0) is 18.4 Å². The van der Waals surface area contributed by atoms with E-state index in [9.17, 15) is 9.59 Å². The van der Waals surface area contributed by atoms with Gasteiger partial charge in [0.1, 0.15) is 0 Å². The third kappa shape index (κ3) is 4.10. The van der Waals surface area contributed by atoms with Crippen LogP contribution < -0.4 is 0 Å². The summed E-state index contributed by atoms with van der Waals surface area (Å²) in [6.45, 7) is 5.73. The normalized spacial score (nSPS) is 11.3. The van der Waals surface area contributed by atoms with Crippen molar-refractivity contribution in [1.29, 1.82) is 0 Å². The van der Waals surface area contributed by atoms with Crippen LogP contribution in [0.4, 0.5) is 0 Å². The third-order valence-corrected chi connectivity index (χ3v) is 3.11. The molecule has 0 amide bonds. The zero-order valence-corrected chi connectivity index (χ0v) is 11.5. The molecule has 0 saturated heterocycles. The van der Waals surface area contributed by atoms with E-state index in [4.69, 9.17) is 0 Å². The van der Waals surface area contributed by atoms with Gasteiger partial charge in [-0.25, -0.2) is 0 Å². The van der Waals surface area contributed by atoms with E-state index in [2.05, 4.69) is 0 Å². The van der Waals surface area contributed by atoms with Crippen LogP contribution in [-0.4, -0.2) is 11.6 Å². The van der Waals surface area contributed by atoms with E-state index in [0.29, 0.717) is 12.8 Å². The van der Waals surface area contributed by atoms with Gasteiger partial charge >= 0.3 is 0 Å². The Kier molecular flexibility index (Phi) is 5.26. The summed E-state index contributed by atoms with van der Waals surface area (Å²) in [5, 5.41) is 0. The molecular formula is C16H22O2. The van der Waals surface area contributed by atoms with Gasteiger partial charge in [0, 0.05) is 11.8 Å². The van der Waals surface area contributed by atoms with E-state index in [0.717, 1.165) is 18.4 Å². The van der Waals surface area contributed by atoms with E-state index in [1.807, 2.05) is 51.1 Å². The molecule has 0 fully saturated rings. The largest absolute Gasteiger partial charge is 0.291 e. The Morgan fingerprint density at radius 2 is 1.72 bits per heavy atom. The van der Waals surface area contributed by atoms with Crippen LogP contribution in [0.3, 0.4) is 0 Å². The van der Waals surface area contributed by atoms with Crippen LogP contribution in [0.15, 0.2) is 30.3 Å². The second-order valence-electron chi connectivity index (χ2n) is 5.40. The highest BCUT2D eigenvalue weighted by molar-refractivity contribution is 6.39. The van der Waals surface area contributed by atoms with E-state index in [-0.39, 0.29) is 11.6 Å². The zero-order valence-electron chi connectivity index (χ0n) is 11.5. The average Bonchev–Trinajstić information content (AvgIpc) is 2.35. The van der Waals surface area contributed by atoms with Crippen LogP contribution in [0, 0.1) is 5.41 Å². The lowest BCUT2D eigenvalue weighted by molar-refractivity contribution is -0.141. The molecule has 0 radical (unpaired) electrons. The molecule has 0 aliphatic heterocycles. The predicted octanol–water partition coefficient (Wildman–Crippen LogP) is 3.58. The van der Waals surface area contributed by atoms with Gasteiger partial charge in [-0.3, -0.25) is 9.59 Å². The Labute approximate surface area is 109 Å². The highest BCUT2D eigenvalue weighted by Crippen LogP contribution is 2.24. The van der Waals surface area contributed by atoms with E-state index < -0.39 is 5.41 Å². The number of rotatable bonds is 7. The second-order valence-corrected chi connectivity index (χ2v) is 5.40. The minimum Gasteiger partial charge on any atom is -0.291 e. The number of carbonyl (C=O) groups excluding carboxylic acids is 2. The van der Waals surface area contributed by atoms with Crippen LogP contribution >= 0.6 is 0 Å². The number of carbonyl (C=O) groups is 2. The molecule has 18 heavy (non-hydrogen) atoms. The van der Waals surface area contributed by atoms with Crippen LogP contribution in [0.1, 0.15) is 45.6 Å². The molecule has 0 bridgehead atoms. The standard InChI is InChI=1S/C16H22O2/c1-4-5-11-14(17)15(18)16(2,3)12-13-9-7-6-8-10-13/h6-10H,4-5,11-12H2,1-3H3. The SMILES string of the molecule is CCCCC(=O)C(=O)C(C)(C)Cc1ccccc1. The molecule has 0 spiro atoms. The maximum absolute atomic E-state index is 12.1. The first-order valence-corrected chi connectivity index (χ1v) is 6.59. The van der Waals surface area contributed by atoms with Gasteiger partial charge in [0.05, 0.1) is 0 Å². The lowest BCUT2D eigenvalue weighted by Gasteiger charge is -2.22. The molecule has 0 N–H and O–H groups in total. The molecule has 0 aliphatic rings. The molecule has 0 atom stereocenters. The molecule has 0 saturated carbocycles. The maximum Gasteiger partial charge on any atom is 0.204 e.